The molecule has 0 amide bonds. The van der Waals surface area contributed by atoms with Crippen LogP contribution in [0.1, 0.15) is 0 Å². The van der Waals surface area contributed by atoms with E-state index in [2.05, 4.69) is 30.9 Å². The van der Waals surface area contributed by atoms with Crippen LogP contribution in [0, 0.1) is 0 Å². The van der Waals surface area contributed by atoms with Gasteiger partial charge in [-0.1, -0.05) is 0 Å². The smallest absolute Gasteiger partial charge is 0.197 e. The number of hydrogen-bond donors (Lipinski definition) is 1. The van der Waals surface area contributed by atoms with E-state index in [-0.39, 0.29) is 0 Å². The second-order valence-corrected chi connectivity index (χ2v) is 3.00. The molecule has 60 valence electrons. The molecule has 0 fully saturated rings. The van der Waals surface area contributed by atoms with E-state index in [0.29, 0.717) is 4.73 Å². The molecule has 0 radical (unpaired) electrons. The van der Waals surface area contributed by atoms with Crippen LogP contribution < -0.4 is 0 Å². The Balaban J connectivity index is 2.48. The lowest BCUT2D eigenvalue weighted by Crippen LogP contribution is -1.85. The van der Waals surface area contributed by atoms with Crippen LogP contribution in [-0.2, 0) is 0 Å². The van der Waals surface area contributed by atoms with Gasteiger partial charge < -0.3 is 4.98 Å². The fraction of sp³-hybridized carbons (Fsp3) is 0. The van der Waals surface area contributed by atoms with E-state index in [1.807, 2.05) is 24.4 Å². The van der Waals surface area contributed by atoms with Gasteiger partial charge in [0.1, 0.15) is 0 Å². The number of nitrogens with zero attached hydrogens (tertiary/aromatic N) is 2. The highest BCUT2D eigenvalue weighted by atomic mass is 79.9. The zero-order valence-corrected chi connectivity index (χ0v) is 7.75. The summed E-state index contributed by atoms with van der Waals surface area (Å²) in [5.41, 5.74) is 1.89. The molecule has 0 aliphatic carbocycles. The van der Waals surface area contributed by atoms with Gasteiger partial charge in [-0.15, -0.1) is 0 Å². The molecule has 0 saturated heterocycles. The molecule has 0 aromatic carbocycles. The Labute approximate surface area is 78.0 Å². The molecular formula is C8H6BrN3. The van der Waals surface area contributed by atoms with Crippen molar-refractivity contribution in [2.75, 3.05) is 0 Å². The molecule has 0 unspecified atom stereocenters. The fourth-order valence-electron chi connectivity index (χ4n) is 0.975. The van der Waals surface area contributed by atoms with Gasteiger partial charge in [0.2, 0.25) is 0 Å². The summed E-state index contributed by atoms with van der Waals surface area (Å²) in [5, 5.41) is 0. The standard InChI is InChI=1S/C8H6BrN3/c9-8-11-5-3-7(12-8)6-2-1-4-10-6/h1-5,10H. The summed E-state index contributed by atoms with van der Waals surface area (Å²) in [7, 11) is 0. The van der Waals surface area contributed by atoms with Gasteiger partial charge in [0.15, 0.2) is 4.73 Å². The first-order valence-corrected chi connectivity index (χ1v) is 4.28. The summed E-state index contributed by atoms with van der Waals surface area (Å²) >= 11 is 3.21. The van der Waals surface area contributed by atoms with Crippen LogP contribution in [0.3, 0.4) is 0 Å². The Hall–Kier alpha value is -1.16. The average molecular weight is 224 g/mol. The van der Waals surface area contributed by atoms with E-state index in [1.54, 1.807) is 6.20 Å². The number of hydrogen-bond acceptors (Lipinski definition) is 2. The van der Waals surface area contributed by atoms with Crippen LogP contribution >= 0.6 is 15.9 Å². The van der Waals surface area contributed by atoms with Gasteiger partial charge in [-0.05, 0) is 34.1 Å². The van der Waals surface area contributed by atoms with Crippen molar-refractivity contribution in [2.45, 2.75) is 0 Å². The van der Waals surface area contributed by atoms with Gasteiger partial charge in [-0.25, -0.2) is 9.97 Å². The second kappa shape index (κ2) is 3.06. The van der Waals surface area contributed by atoms with Crippen molar-refractivity contribution in [3.63, 3.8) is 0 Å². The lowest BCUT2D eigenvalue weighted by Gasteiger charge is -1.95. The summed E-state index contributed by atoms with van der Waals surface area (Å²) in [6.45, 7) is 0. The fourth-order valence-corrected chi connectivity index (χ4v) is 1.28. The van der Waals surface area contributed by atoms with Crippen LogP contribution in [0.15, 0.2) is 35.3 Å². The number of rotatable bonds is 1. The van der Waals surface area contributed by atoms with Crippen LogP contribution in [0.4, 0.5) is 0 Å². The number of H-pyrrole nitrogens is 1. The molecule has 12 heavy (non-hydrogen) atoms. The highest BCUT2D eigenvalue weighted by molar-refractivity contribution is 9.10. The first-order chi connectivity index (χ1) is 5.86. The second-order valence-electron chi connectivity index (χ2n) is 2.29. The van der Waals surface area contributed by atoms with Crippen molar-refractivity contribution >= 4 is 15.9 Å². The van der Waals surface area contributed by atoms with E-state index < -0.39 is 0 Å². The average Bonchev–Trinajstić information content (AvgIpc) is 2.56. The Kier molecular flexibility index (Phi) is 1.91. The van der Waals surface area contributed by atoms with E-state index in [9.17, 15) is 0 Å². The van der Waals surface area contributed by atoms with Crippen molar-refractivity contribution in [1.82, 2.24) is 15.0 Å². The van der Waals surface area contributed by atoms with Crippen molar-refractivity contribution in [1.29, 1.82) is 0 Å². The van der Waals surface area contributed by atoms with Crippen LogP contribution in [0.25, 0.3) is 11.4 Å². The van der Waals surface area contributed by atoms with Crippen molar-refractivity contribution in [2.24, 2.45) is 0 Å². The molecule has 0 spiro atoms. The Morgan fingerprint density at radius 3 is 2.92 bits per heavy atom. The molecule has 1 N–H and O–H groups in total. The third-order valence-corrected chi connectivity index (χ3v) is 1.88. The minimum Gasteiger partial charge on any atom is -0.360 e. The lowest BCUT2D eigenvalue weighted by atomic mass is 10.3. The molecule has 3 nitrogen and oxygen atoms in total. The Bertz CT molecular complexity index is 370. The molecule has 2 rings (SSSR count). The highest BCUT2D eigenvalue weighted by Gasteiger charge is 1.99. The molecule has 0 atom stereocenters. The molecule has 0 aliphatic rings. The number of aromatic amines is 1. The Morgan fingerprint density at radius 1 is 1.33 bits per heavy atom. The van der Waals surface area contributed by atoms with Gasteiger partial charge in [0.25, 0.3) is 0 Å². The van der Waals surface area contributed by atoms with Gasteiger partial charge >= 0.3 is 0 Å². The van der Waals surface area contributed by atoms with E-state index in [1.165, 1.54) is 0 Å². The molecule has 2 aromatic heterocycles. The third-order valence-electron chi connectivity index (χ3n) is 1.50. The van der Waals surface area contributed by atoms with Gasteiger partial charge in [0.05, 0.1) is 11.4 Å². The molecule has 2 aromatic rings. The van der Waals surface area contributed by atoms with Gasteiger partial charge in [-0.2, -0.15) is 0 Å². The molecule has 0 saturated carbocycles. The summed E-state index contributed by atoms with van der Waals surface area (Å²) in [6.07, 6.45) is 3.58. The molecule has 2 heterocycles. The minimum atomic E-state index is 0.606. The zero-order valence-electron chi connectivity index (χ0n) is 6.16. The Morgan fingerprint density at radius 2 is 2.25 bits per heavy atom. The van der Waals surface area contributed by atoms with Crippen LogP contribution in [0.2, 0.25) is 0 Å². The number of nitrogens with one attached hydrogen (secondary N) is 1. The number of halogens is 1. The summed E-state index contributed by atoms with van der Waals surface area (Å²) in [4.78, 5) is 11.2. The number of aromatic nitrogens is 3. The molecule has 0 aliphatic heterocycles. The molecule has 0 bridgehead atoms. The summed E-state index contributed by atoms with van der Waals surface area (Å²) in [5.74, 6) is 0. The van der Waals surface area contributed by atoms with E-state index >= 15 is 0 Å². The van der Waals surface area contributed by atoms with Crippen molar-refractivity contribution in [3.8, 4) is 11.4 Å². The maximum absolute atomic E-state index is 4.19. The molecule has 4 heteroatoms. The van der Waals surface area contributed by atoms with Crippen LogP contribution in [0.5, 0.6) is 0 Å². The maximum atomic E-state index is 4.19. The monoisotopic (exact) mass is 223 g/mol. The summed E-state index contributed by atoms with van der Waals surface area (Å²) < 4.78 is 0.606. The predicted molar refractivity (Wildman–Crippen MR) is 49.5 cm³/mol. The molecular weight excluding hydrogens is 218 g/mol. The van der Waals surface area contributed by atoms with Gasteiger partial charge in [0, 0.05) is 12.4 Å². The zero-order chi connectivity index (χ0) is 8.39. The van der Waals surface area contributed by atoms with E-state index in [4.69, 9.17) is 0 Å². The maximum Gasteiger partial charge on any atom is 0.197 e. The van der Waals surface area contributed by atoms with Gasteiger partial charge in [-0.3, -0.25) is 0 Å². The minimum absolute atomic E-state index is 0.606. The van der Waals surface area contributed by atoms with Crippen molar-refractivity contribution in [3.05, 3.63) is 35.3 Å². The first kappa shape index (κ1) is 7.49. The third kappa shape index (κ3) is 1.38. The summed E-state index contributed by atoms with van der Waals surface area (Å²) in [6, 6.07) is 5.76. The van der Waals surface area contributed by atoms with Crippen LogP contribution in [-0.4, -0.2) is 15.0 Å². The normalized spacial score (nSPS) is 10.1. The topological polar surface area (TPSA) is 41.6 Å². The highest BCUT2D eigenvalue weighted by Crippen LogP contribution is 2.14. The first-order valence-electron chi connectivity index (χ1n) is 3.48. The largest absolute Gasteiger partial charge is 0.360 e. The van der Waals surface area contributed by atoms with E-state index in [0.717, 1.165) is 11.4 Å². The SMILES string of the molecule is Brc1nccc(-c2ccc[nH]2)n1. The quantitative estimate of drug-likeness (QED) is 0.754. The lowest BCUT2D eigenvalue weighted by molar-refractivity contribution is 1.11. The predicted octanol–water partition coefficient (Wildman–Crippen LogP) is 2.23. The van der Waals surface area contributed by atoms with Crippen molar-refractivity contribution < 1.29 is 0 Å².